The second-order valence-electron chi connectivity index (χ2n) is 6.04. The SMILES string of the molecule is CC(=O)C1=C(C)N=C(N(C)S(=O)(=O)c2ccc(C)cc2)C=C(C)C1. The van der Waals surface area contributed by atoms with Gasteiger partial charge in [0.15, 0.2) is 5.78 Å². The lowest BCUT2D eigenvalue weighted by molar-refractivity contribution is -0.113. The second-order valence-corrected chi connectivity index (χ2v) is 8.01. The Labute approximate surface area is 143 Å². The molecule has 6 heteroatoms. The monoisotopic (exact) mass is 346 g/mol. The zero-order valence-electron chi connectivity index (χ0n) is 14.6. The van der Waals surface area contributed by atoms with Crippen molar-refractivity contribution in [2.75, 3.05) is 7.05 Å². The average molecular weight is 346 g/mol. The van der Waals surface area contributed by atoms with Crippen molar-refractivity contribution in [3.05, 3.63) is 52.7 Å². The molecule has 1 aliphatic rings. The van der Waals surface area contributed by atoms with Gasteiger partial charge in [-0.25, -0.2) is 13.4 Å². The maximum absolute atomic E-state index is 12.8. The van der Waals surface area contributed by atoms with Crippen LogP contribution < -0.4 is 0 Å². The summed E-state index contributed by atoms with van der Waals surface area (Å²) < 4.78 is 26.8. The van der Waals surface area contributed by atoms with Crippen molar-refractivity contribution in [2.45, 2.75) is 39.0 Å². The highest BCUT2D eigenvalue weighted by Crippen LogP contribution is 2.23. The van der Waals surface area contributed by atoms with E-state index in [1.807, 2.05) is 13.8 Å². The normalized spacial score (nSPS) is 15.5. The Morgan fingerprint density at radius 1 is 1.12 bits per heavy atom. The molecule has 0 amide bonds. The smallest absolute Gasteiger partial charge is 0.265 e. The number of rotatable bonds is 3. The molecule has 0 N–H and O–H groups in total. The van der Waals surface area contributed by atoms with Crippen LogP contribution in [0.25, 0.3) is 0 Å². The summed E-state index contributed by atoms with van der Waals surface area (Å²) in [6.07, 6.45) is 2.19. The minimum atomic E-state index is -3.71. The molecule has 0 atom stereocenters. The third-order valence-electron chi connectivity index (χ3n) is 3.98. The summed E-state index contributed by atoms with van der Waals surface area (Å²) in [6, 6.07) is 6.68. The third kappa shape index (κ3) is 3.64. The van der Waals surface area contributed by atoms with Gasteiger partial charge in [0.25, 0.3) is 10.0 Å². The Balaban J connectivity index is 2.49. The highest BCUT2D eigenvalue weighted by atomic mass is 32.2. The van der Waals surface area contributed by atoms with Gasteiger partial charge in [0.1, 0.15) is 5.84 Å². The number of amidine groups is 1. The van der Waals surface area contributed by atoms with Crippen molar-refractivity contribution >= 4 is 21.6 Å². The molecule has 24 heavy (non-hydrogen) atoms. The molecule has 1 aliphatic heterocycles. The number of carbonyl (C=O) groups excluding carboxylic acids is 1. The first-order chi connectivity index (χ1) is 11.1. The Kier molecular flexibility index (Phi) is 5.08. The summed E-state index contributed by atoms with van der Waals surface area (Å²) in [4.78, 5) is 16.3. The largest absolute Gasteiger partial charge is 0.295 e. The fourth-order valence-corrected chi connectivity index (χ4v) is 3.62. The van der Waals surface area contributed by atoms with Gasteiger partial charge in [0.05, 0.1) is 4.90 Å². The van der Waals surface area contributed by atoms with E-state index in [1.165, 1.54) is 14.0 Å². The molecule has 1 aromatic carbocycles. The molecule has 128 valence electrons. The van der Waals surface area contributed by atoms with Crippen LogP contribution in [0.3, 0.4) is 0 Å². The van der Waals surface area contributed by atoms with Gasteiger partial charge >= 0.3 is 0 Å². The van der Waals surface area contributed by atoms with Crippen LogP contribution in [0, 0.1) is 6.92 Å². The molecule has 0 spiro atoms. The van der Waals surface area contributed by atoms with Gasteiger partial charge < -0.3 is 0 Å². The van der Waals surface area contributed by atoms with Crippen LogP contribution >= 0.6 is 0 Å². The highest BCUT2D eigenvalue weighted by Gasteiger charge is 2.25. The number of hydrogen-bond acceptors (Lipinski definition) is 4. The highest BCUT2D eigenvalue weighted by molar-refractivity contribution is 7.89. The lowest BCUT2D eigenvalue weighted by atomic mass is 10.0. The second kappa shape index (κ2) is 6.73. The van der Waals surface area contributed by atoms with Crippen LogP contribution in [-0.4, -0.2) is 31.4 Å². The predicted octanol–water partition coefficient (Wildman–Crippen LogP) is 3.23. The number of likely N-dealkylation sites (N-methyl/N-ethyl adjacent to an activating group) is 1. The van der Waals surface area contributed by atoms with E-state index in [0.29, 0.717) is 23.5 Å². The van der Waals surface area contributed by atoms with Gasteiger partial charge in [0, 0.05) is 18.3 Å². The lowest BCUT2D eigenvalue weighted by Crippen LogP contribution is -2.32. The van der Waals surface area contributed by atoms with Crippen LogP contribution in [0.1, 0.15) is 32.8 Å². The molecule has 0 bridgehead atoms. The molecule has 1 aromatic rings. The lowest BCUT2D eigenvalue weighted by Gasteiger charge is -2.19. The molecule has 0 saturated heterocycles. The molecular weight excluding hydrogens is 324 g/mol. The fraction of sp³-hybridized carbons (Fsp3) is 0.333. The van der Waals surface area contributed by atoms with E-state index < -0.39 is 10.0 Å². The van der Waals surface area contributed by atoms with Crippen molar-refractivity contribution in [3.63, 3.8) is 0 Å². The number of allylic oxidation sites excluding steroid dienone is 3. The number of aryl methyl sites for hydroxylation is 1. The molecule has 1 heterocycles. The van der Waals surface area contributed by atoms with Crippen LogP contribution in [0.5, 0.6) is 0 Å². The summed E-state index contributed by atoms with van der Waals surface area (Å²) in [7, 11) is -2.23. The topological polar surface area (TPSA) is 66.8 Å². The number of hydrogen-bond donors (Lipinski definition) is 0. The zero-order chi connectivity index (χ0) is 18.1. The molecule has 0 radical (unpaired) electrons. The minimum Gasteiger partial charge on any atom is -0.295 e. The van der Waals surface area contributed by atoms with E-state index in [0.717, 1.165) is 15.4 Å². The first-order valence-electron chi connectivity index (χ1n) is 7.65. The Morgan fingerprint density at radius 2 is 1.71 bits per heavy atom. The Morgan fingerprint density at radius 3 is 2.25 bits per heavy atom. The molecular formula is C18H22N2O3S. The standard InChI is InChI=1S/C18H22N2O3S/c1-12-6-8-16(9-7-12)24(22,23)20(5)18-11-13(2)10-17(15(4)21)14(3)19-18/h6-9,11H,10H2,1-5H3. The molecule has 0 fully saturated rings. The number of ketones is 1. The fourth-order valence-electron chi connectivity index (χ4n) is 2.48. The predicted molar refractivity (Wildman–Crippen MR) is 95.3 cm³/mol. The summed E-state index contributed by atoms with van der Waals surface area (Å²) in [5.41, 5.74) is 3.04. The van der Waals surface area contributed by atoms with Gasteiger partial charge in [-0.3, -0.25) is 9.10 Å². The van der Waals surface area contributed by atoms with Crippen molar-refractivity contribution in [3.8, 4) is 0 Å². The molecule has 5 nitrogen and oxygen atoms in total. The Bertz CT molecular complexity index is 860. The van der Waals surface area contributed by atoms with Crippen LogP contribution in [0.2, 0.25) is 0 Å². The first kappa shape index (κ1) is 18.1. The van der Waals surface area contributed by atoms with Gasteiger partial charge in [-0.05, 0) is 52.3 Å². The molecule has 2 rings (SSSR count). The molecule has 0 aliphatic carbocycles. The minimum absolute atomic E-state index is 0.0469. The third-order valence-corrected chi connectivity index (χ3v) is 5.75. The molecule has 0 saturated carbocycles. The average Bonchev–Trinajstić information content (AvgIpc) is 2.65. The van der Waals surface area contributed by atoms with Gasteiger partial charge in [-0.15, -0.1) is 0 Å². The summed E-state index contributed by atoms with van der Waals surface area (Å²) in [5.74, 6) is 0.260. The van der Waals surface area contributed by atoms with Gasteiger partial charge in [-0.2, -0.15) is 0 Å². The van der Waals surface area contributed by atoms with Crippen LogP contribution in [0.4, 0.5) is 0 Å². The number of sulfonamides is 1. The Hall–Kier alpha value is -2.21. The van der Waals surface area contributed by atoms with E-state index in [9.17, 15) is 13.2 Å². The number of aliphatic imine (C=N–C) groups is 1. The summed E-state index contributed by atoms with van der Waals surface area (Å²) in [5, 5.41) is 0. The number of benzene rings is 1. The number of Topliss-reactive ketones (excluding diaryl/α,β-unsaturated/α-hetero) is 1. The van der Waals surface area contributed by atoms with E-state index in [2.05, 4.69) is 4.99 Å². The molecule has 0 unspecified atom stereocenters. The van der Waals surface area contributed by atoms with E-state index in [1.54, 1.807) is 37.3 Å². The first-order valence-corrected chi connectivity index (χ1v) is 9.09. The number of nitrogens with zero attached hydrogens (tertiary/aromatic N) is 2. The van der Waals surface area contributed by atoms with E-state index in [-0.39, 0.29) is 10.7 Å². The molecule has 0 aromatic heterocycles. The van der Waals surface area contributed by atoms with Crippen molar-refractivity contribution in [1.29, 1.82) is 0 Å². The van der Waals surface area contributed by atoms with E-state index in [4.69, 9.17) is 0 Å². The van der Waals surface area contributed by atoms with E-state index >= 15 is 0 Å². The maximum atomic E-state index is 12.8. The van der Waals surface area contributed by atoms with Gasteiger partial charge in [-0.1, -0.05) is 23.3 Å². The van der Waals surface area contributed by atoms with Crippen molar-refractivity contribution in [2.24, 2.45) is 4.99 Å². The summed E-state index contributed by atoms with van der Waals surface area (Å²) >= 11 is 0. The van der Waals surface area contributed by atoms with Crippen LogP contribution in [0.15, 0.2) is 57.1 Å². The van der Waals surface area contributed by atoms with Gasteiger partial charge in [0.2, 0.25) is 0 Å². The maximum Gasteiger partial charge on any atom is 0.265 e. The number of carbonyl (C=O) groups is 1. The summed E-state index contributed by atoms with van der Waals surface area (Å²) in [6.45, 7) is 7.00. The van der Waals surface area contributed by atoms with Crippen molar-refractivity contribution in [1.82, 2.24) is 4.31 Å². The zero-order valence-corrected chi connectivity index (χ0v) is 15.4. The van der Waals surface area contributed by atoms with Crippen molar-refractivity contribution < 1.29 is 13.2 Å². The van der Waals surface area contributed by atoms with Crippen LogP contribution in [-0.2, 0) is 14.8 Å². The quantitative estimate of drug-likeness (QED) is 0.844.